The summed E-state index contributed by atoms with van der Waals surface area (Å²) in [6, 6.07) is 12.4. The summed E-state index contributed by atoms with van der Waals surface area (Å²) in [6.07, 6.45) is 5.53. The molecular formula is C18H17N5. The Bertz CT molecular complexity index is 980. The number of pyridine rings is 1. The predicted molar refractivity (Wildman–Crippen MR) is 92.8 cm³/mol. The van der Waals surface area contributed by atoms with Crippen molar-refractivity contribution in [1.82, 2.24) is 19.5 Å². The Labute approximate surface area is 134 Å². The second-order valence-electron chi connectivity index (χ2n) is 5.72. The molecule has 4 rings (SSSR count). The van der Waals surface area contributed by atoms with Crippen LogP contribution in [0.3, 0.4) is 0 Å². The minimum absolute atomic E-state index is 0.821. The maximum atomic E-state index is 4.50. The zero-order valence-corrected chi connectivity index (χ0v) is 13.0. The smallest absolute Gasteiger partial charge is 0.132 e. The lowest BCUT2D eigenvalue weighted by Crippen LogP contribution is -1.93. The number of hydrogen-bond donors (Lipinski definition) is 2. The van der Waals surface area contributed by atoms with Crippen molar-refractivity contribution in [2.75, 3.05) is 5.32 Å². The molecule has 0 atom stereocenters. The highest BCUT2D eigenvalue weighted by Crippen LogP contribution is 2.25. The average molecular weight is 303 g/mol. The van der Waals surface area contributed by atoms with Gasteiger partial charge in [-0.2, -0.15) is 0 Å². The summed E-state index contributed by atoms with van der Waals surface area (Å²) in [5.41, 5.74) is 5.39. The molecule has 0 spiro atoms. The number of aromatic amines is 1. The molecule has 114 valence electrons. The van der Waals surface area contributed by atoms with E-state index in [1.54, 1.807) is 6.33 Å². The number of aryl methyl sites for hydroxylation is 2. The first-order valence-electron chi connectivity index (χ1n) is 7.48. The van der Waals surface area contributed by atoms with Crippen LogP contribution in [0.5, 0.6) is 0 Å². The van der Waals surface area contributed by atoms with Gasteiger partial charge in [0.1, 0.15) is 5.82 Å². The first kappa shape index (κ1) is 13.6. The summed E-state index contributed by atoms with van der Waals surface area (Å²) < 4.78 is 1.99. The number of benzene rings is 1. The van der Waals surface area contributed by atoms with E-state index in [1.807, 2.05) is 42.2 Å². The molecule has 0 radical (unpaired) electrons. The number of anilines is 2. The second kappa shape index (κ2) is 5.28. The van der Waals surface area contributed by atoms with Gasteiger partial charge in [-0.1, -0.05) is 12.1 Å². The number of rotatable bonds is 3. The van der Waals surface area contributed by atoms with E-state index in [4.69, 9.17) is 0 Å². The van der Waals surface area contributed by atoms with Gasteiger partial charge in [0.2, 0.25) is 0 Å². The van der Waals surface area contributed by atoms with Crippen LogP contribution in [0.2, 0.25) is 0 Å². The van der Waals surface area contributed by atoms with Gasteiger partial charge in [0, 0.05) is 30.4 Å². The normalized spacial score (nSPS) is 11.0. The third kappa shape index (κ3) is 2.57. The highest BCUT2D eigenvalue weighted by molar-refractivity contribution is 5.86. The molecule has 5 heteroatoms. The Kier molecular flexibility index (Phi) is 3.12. The number of fused-ring (bicyclic) bond motifs is 1. The molecule has 0 fully saturated rings. The van der Waals surface area contributed by atoms with Crippen molar-refractivity contribution in [3.05, 3.63) is 60.7 Å². The molecule has 1 aromatic carbocycles. The van der Waals surface area contributed by atoms with Crippen molar-refractivity contribution < 1.29 is 0 Å². The van der Waals surface area contributed by atoms with E-state index in [1.165, 1.54) is 5.56 Å². The Balaban J connectivity index is 1.69. The van der Waals surface area contributed by atoms with E-state index >= 15 is 0 Å². The Morgan fingerprint density at radius 1 is 1.13 bits per heavy atom. The van der Waals surface area contributed by atoms with E-state index in [0.29, 0.717) is 0 Å². The number of nitrogens with one attached hydrogen (secondary N) is 2. The van der Waals surface area contributed by atoms with Crippen molar-refractivity contribution in [3.8, 4) is 11.4 Å². The summed E-state index contributed by atoms with van der Waals surface area (Å²) in [4.78, 5) is 12.1. The fraction of sp³-hybridized carbons (Fsp3) is 0.111. The van der Waals surface area contributed by atoms with Gasteiger partial charge in [0.25, 0.3) is 0 Å². The quantitative estimate of drug-likeness (QED) is 0.601. The van der Waals surface area contributed by atoms with Crippen molar-refractivity contribution in [3.63, 3.8) is 0 Å². The van der Waals surface area contributed by atoms with Crippen LogP contribution in [0, 0.1) is 6.92 Å². The first-order chi connectivity index (χ1) is 11.2. The standard InChI is InChI=1S/C18H17N5/c1-12-4-3-5-14(6-12)21-18-8-15-13(9-20-18)7-16(22-15)17-10-19-11-23(17)2/h3-11,22H,1-2H3,(H,20,21). The first-order valence-corrected chi connectivity index (χ1v) is 7.48. The van der Waals surface area contributed by atoms with Gasteiger partial charge in [-0.3, -0.25) is 0 Å². The van der Waals surface area contributed by atoms with Crippen LogP contribution in [-0.2, 0) is 7.05 Å². The Morgan fingerprint density at radius 3 is 2.83 bits per heavy atom. The fourth-order valence-electron chi connectivity index (χ4n) is 2.72. The van der Waals surface area contributed by atoms with E-state index in [2.05, 4.69) is 45.4 Å². The van der Waals surface area contributed by atoms with E-state index in [0.717, 1.165) is 33.8 Å². The van der Waals surface area contributed by atoms with Gasteiger partial charge in [-0.25, -0.2) is 9.97 Å². The SMILES string of the molecule is Cc1cccc(Nc2cc3[nH]c(-c4cncn4C)cc3cn2)c1. The summed E-state index contributed by atoms with van der Waals surface area (Å²) >= 11 is 0. The van der Waals surface area contributed by atoms with Crippen LogP contribution in [0.15, 0.2) is 55.1 Å². The minimum atomic E-state index is 0.821. The molecule has 2 N–H and O–H groups in total. The highest BCUT2D eigenvalue weighted by atomic mass is 15.0. The lowest BCUT2D eigenvalue weighted by Gasteiger charge is -2.06. The zero-order valence-electron chi connectivity index (χ0n) is 13.0. The molecule has 0 saturated carbocycles. The molecule has 23 heavy (non-hydrogen) atoms. The molecule has 0 saturated heterocycles. The molecular weight excluding hydrogens is 286 g/mol. The molecule has 3 aromatic heterocycles. The third-order valence-corrected chi connectivity index (χ3v) is 3.89. The molecule has 5 nitrogen and oxygen atoms in total. The van der Waals surface area contributed by atoms with Crippen molar-refractivity contribution in [2.45, 2.75) is 6.92 Å². The van der Waals surface area contributed by atoms with Crippen LogP contribution in [0.4, 0.5) is 11.5 Å². The number of hydrogen-bond acceptors (Lipinski definition) is 3. The summed E-state index contributed by atoms with van der Waals surface area (Å²) in [5, 5.41) is 4.42. The van der Waals surface area contributed by atoms with Crippen LogP contribution in [0.25, 0.3) is 22.3 Å². The number of H-pyrrole nitrogens is 1. The van der Waals surface area contributed by atoms with Crippen molar-refractivity contribution in [2.24, 2.45) is 7.05 Å². The summed E-state index contributed by atoms with van der Waals surface area (Å²) in [7, 11) is 1.98. The zero-order chi connectivity index (χ0) is 15.8. The molecule has 3 heterocycles. The predicted octanol–water partition coefficient (Wildman–Crippen LogP) is 4.02. The molecule has 0 aliphatic rings. The minimum Gasteiger partial charge on any atom is -0.353 e. The third-order valence-electron chi connectivity index (χ3n) is 3.89. The van der Waals surface area contributed by atoms with Crippen LogP contribution in [-0.4, -0.2) is 19.5 Å². The second-order valence-corrected chi connectivity index (χ2v) is 5.72. The average Bonchev–Trinajstić information content (AvgIpc) is 3.12. The maximum absolute atomic E-state index is 4.50. The van der Waals surface area contributed by atoms with Gasteiger partial charge in [-0.15, -0.1) is 0 Å². The van der Waals surface area contributed by atoms with Gasteiger partial charge in [0.05, 0.1) is 29.4 Å². The van der Waals surface area contributed by atoms with Gasteiger partial charge < -0.3 is 14.9 Å². The monoisotopic (exact) mass is 303 g/mol. The molecule has 0 unspecified atom stereocenters. The topological polar surface area (TPSA) is 58.5 Å². The van der Waals surface area contributed by atoms with Crippen molar-refractivity contribution >= 4 is 22.4 Å². The fourth-order valence-corrected chi connectivity index (χ4v) is 2.72. The summed E-state index contributed by atoms with van der Waals surface area (Å²) in [5.74, 6) is 0.821. The van der Waals surface area contributed by atoms with Gasteiger partial charge in [-0.05, 0) is 30.7 Å². The number of imidazole rings is 1. The van der Waals surface area contributed by atoms with E-state index in [9.17, 15) is 0 Å². The lowest BCUT2D eigenvalue weighted by atomic mass is 10.2. The van der Waals surface area contributed by atoms with Crippen LogP contribution < -0.4 is 5.32 Å². The van der Waals surface area contributed by atoms with E-state index in [-0.39, 0.29) is 0 Å². The Morgan fingerprint density at radius 2 is 2.04 bits per heavy atom. The van der Waals surface area contributed by atoms with Crippen LogP contribution in [0.1, 0.15) is 5.56 Å². The maximum Gasteiger partial charge on any atom is 0.132 e. The largest absolute Gasteiger partial charge is 0.353 e. The Hall–Kier alpha value is -3.08. The van der Waals surface area contributed by atoms with Gasteiger partial charge in [0.15, 0.2) is 0 Å². The molecule has 0 aliphatic carbocycles. The molecule has 0 aliphatic heterocycles. The van der Waals surface area contributed by atoms with E-state index < -0.39 is 0 Å². The summed E-state index contributed by atoms with van der Waals surface area (Å²) in [6.45, 7) is 2.08. The number of aromatic nitrogens is 4. The molecule has 0 bridgehead atoms. The number of nitrogens with zero attached hydrogens (tertiary/aromatic N) is 3. The van der Waals surface area contributed by atoms with Gasteiger partial charge >= 0.3 is 0 Å². The molecule has 0 amide bonds. The highest BCUT2D eigenvalue weighted by Gasteiger charge is 2.08. The van der Waals surface area contributed by atoms with Crippen LogP contribution >= 0.6 is 0 Å². The van der Waals surface area contributed by atoms with Crippen molar-refractivity contribution in [1.29, 1.82) is 0 Å². The lowest BCUT2D eigenvalue weighted by molar-refractivity contribution is 0.918. The molecule has 4 aromatic rings.